The molecular weight excluding hydrogens is 578 g/mol. The van der Waals surface area contributed by atoms with Gasteiger partial charge in [-0.3, -0.25) is 9.59 Å². The number of nitrogens with two attached hydrogens (primary N) is 1. The molecule has 46 heavy (non-hydrogen) atoms. The Hall–Kier alpha value is -5.25. The fraction of sp³-hybridized carbons (Fsp3) is 0.306. The zero-order valence-corrected chi connectivity index (χ0v) is 25.8. The molecule has 2 amide bonds. The second-order valence-electron chi connectivity index (χ2n) is 12.3. The Bertz CT molecular complexity index is 1870. The van der Waals surface area contributed by atoms with Crippen molar-refractivity contribution in [2.24, 2.45) is 0 Å². The van der Waals surface area contributed by atoms with Crippen LogP contribution in [0.3, 0.4) is 0 Å². The Kier molecular flexibility index (Phi) is 7.86. The van der Waals surface area contributed by atoms with E-state index < -0.39 is 5.54 Å². The number of carbonyl (C=O) groups is 2. The number of nitrogens with one attached hydrogen (secondary N) is 2. The van der Waals surface area contributed by atoms with Gasteiger partial charge in [0.2, 0.25) is 11.9 Å². The van der Waals surface area contributed by atoms with E-state index in [0.717, 1.165) is 52.7 Å². The SMILES string of the molecule is COc1ccc(-n2nc3cc(C(=O)NC4(C(=O)Nc5ccc(-c6cnc(N)nc6)cc5)CCC4)ccc3c2C2CCCCC2)cc1. The van der Waals surface area contributed by atoms with Gasteiger partial charge in [-0.1, -0.05) is 37.5 Å². The standard InChI is InChI=1S/C36H37N7O3/c1-46-29-15-13-28(14-16-29)43-32(24-6-3-2-4-7-24)30-17-10-25(20-31(30)42-43)33(44)41-36(18-5-19-36)34(45)40-27-11-8-23(9-12-27)26-21-38-35(37)39-22-26/h8-17,20-22,24H,2-7,18-19H2,1H3,(H,40,45)(H,41,44)(H2,37,38,39). The zero-order valence-electron chi connectivity index (χ0n) is 25.8. The quantitative estimate of drug-likeness (QED) is 0.183. The molecule has 4 N–H and O–H groups in total. The Balaban J connectivity index is 1.11. The van der Waals surface area contributed by atoms with Crippen molar-refractivity contribution in [3.8, 4) is 22.6 Å². The van der Waals surface area contributed by atoms with Gasteiger partial charge in [0.1, 0.15) is 11.3 Å². The lowest BCUT2D eigenvalue weighted by molar-refractivity contribution is -0.125. The first kappa shape index (κ1) is 29.5. The minimum atomic E-state index is -0.967. The Morgan fingerprint density at radius 3 is 2.26 bits per heavy atom. The van der Waals surface area contributed by atoms with Gasteiger partial charge < -0.3 is 21.1 Å². The van der Waals surface area contributed by atoms with E-state index in [-0.39, 0.29) is 17.8 Å². The molecule has 2 aromatic heterocycles. The summed E-state index contributed by atoms with van der Waals surface area (Å²) in [4.78, 5) is 35.3. The fourth-order valence-electron chi connectivity index (χ4n) is 6.65. The number of hydrogen-bond acceptors (Lipinski definition) is 7. The third kappa shape index (κ3) is 5.66. The van der Waals surface area contributed by atoms with Crippen molar-refractivity contribution < 1.29 is 14.3 Å². The summed E-state index contributed by atoms with van der Waals surface area (Å²) in [5.41, 5.74) is 10.4. The molecule has 234 valence electrons. The highest BCUT2D eigenvalue weighted by Gasteiger charge is 2.45. The van der Waals surface area contributed by atoms with Crippen LogP contribution in [0.5, 0.6) is 5.75 Å². The van der Waals surface area contributed by atoms with Crippen molar-refractivity contribution in [2.75, 3.05) is 18.2 Å². The molecular formula is C36H37N7O3. The first-order valence-corrected chi connectivity index (χ1v) is 15.9. The van der Waals surface area contributed by atoms with Crippen LogP contribution in [0.1, 0.15) is 73.3 Å². The van der Waals surface area contributed by atoms with Crippen LogP contribution in [-0.2, 0) is 4.79 Å². The van der Waals surface area contributed by atoms with Gasteiger partial charge in [-0.15, -0.1) is 0 Å². The molecule has 2 aliphatic rings. The number of carbonyl (C=O) groups excluding carboxylic acids is 2. The van der Waals surface area contributed by atoms with Gasteiger partial charge in [-0.25, -0.2) is 14.6 Å². The van der Waals surface area contributed by atoms with Gasteiger partial charge in [0.05, 0.1) is 24.0 Å². The molecule has 10 nitrogen and oxygen atoms in total. The number of nitrogens with zero attached hydrogens (tertiary/aromatic N) is 4. The van der Waals surface area contributed by atoms with Crippen molar-refractivity contribution in [1.82, 2.24) is 25.1 Å². The molecule has 3 aromatic carbocycles. The van der Waals surface area contributed by atoms with Gasteiger partial charge in [0.25, 0.3) is 5.91 Å². The molecule has 2 aliphatic carbocycles. The highest BCUT2D eigenvalue weighted by molar-refractivity contribution is 6.05. The maximum Gasteiger partial charge on any atom is 0.252 e. The summed E-state index contributed by atoms with van der Waals surface area (Å²) in [5.74, 6) is 0.899. The van der Waals surface area contributed by atoms with Crippen LogP contribution in [-0.4, -0.2) is 44.2 Å². The van der Waals surface area contributed by atoms with E-state index in [1.165, 1.54) is 25.0 Å². The zero-order chi connectivity index (χ0) is 31.7. The lowest BCUT2D eigenvalue weighted by Gasteiger charge is -2.40. The number of hydrogen-bond donors (Lipinski definition) is 3. The maximum absolute atomic E-state index is 13.7. The third-order valence-electron chi connectivity index (χ3n) is 9.42. The second-order valence-corrected chi connectivity index (χ2v) is 12.3. The van der Waals surface area contributed by atoms with Crippen LogP contribution >= 0.6 is 0 Å². The molecule has 2 saturated carbocycles. The lowest BCUT2D eigenvalue weighted by Crippen LogP contribution is -2.61. The van der Waals surface area contributed by atoms with Crippen LogP contribution in [0.4, 0.5) is 11.6 Å². The summed E-state index contributed by atoms with van der Waals surface area (Å²) in [7, 11) is 1.66. The molecule has 0 saturated heterocycles. The summed E-state index contributed by atoms with van der Waals surface area (Å²) in [5, 5.41) is 12.2. The number of anilines is 2. The summed E-state index contributed by atoms with van der Waals surface area (Å²) in [6.07, 6.45) is 11.2. The summed E-state index contributed by atoms with van der Waals surface area (Å²) in [6.45, 7) is 0. The average Bonchev–Trinajstić information content (AvgIpc) is 3.46. The number of methoxy groups -OCH3 is 1. The second kappa shape index (κ2) is 12.3. The van der Waals surface area contributed by atoms with E-state index in [9.17, 15) is 9.59 Å². The first-order valence-electron chi connectivity index (χ1n) is 15.9. The van der Waals surface area contributed by atoms with E-state index >= 15 is 0 Å². The topological polar surface area (TPSA) is 137 Å². The third-order valence-corrected chi connectivity index (χ3v) is 9.42. The van der Waals surface area contributed by atoms with Gasteiger partial charge in [-0.2, -0.15) is 5.10 Å². The minimum absolute atomic E-state index is 0.216. The smallest absolute Gasteiger partial charge is 0.252 e. The molecule has 10 heteroatoms. The van der Waals surface area contributed by atoms with Crippen molar-refractivity contribution in [3.05, 3.63) is 90.4 Å². The number of fused-ring (bicyclic) bond motifs is 1. The predicted molar refractivity (Wildman–Crippen MR) is 178 cm³/mol. The highest BCUT2D eigenvalue weighted by atomic mass is 16.5. The van der Waals surface area contributed by atoms with E-state index in [1.807, 2.05) is 71.4 Å². The lowest BCUT2D eigenvalue weighted by atomic mass is 9.75. The summed E-state index contributed by atoms with van der Waals surface area (Å²) >= 11 is 0. The number of ether oxygens (including phenoxy) is 1. The van der Waals surface area contributed by atoms with E-state index in [1.54, 1.807) is 19.5 Å². The maximum atomic E-state index is 13.7. The Morgan fingerprint density at radius 1 is 0.891 bits per heavy atom. The molecule has 2 heterocycles. The van der Waals surface area contributed by atoms with Crippen molar-refractivity contribution in [2.45, 2.75) is 62.8 Å². The monoisotopic (exact) mass is 615 g/mol. The predicted octanol–water partition coefficient (Wildman–Crippen LogP) is 6.41. The molecule has 0 bridgehead atoms. The van der Waals surface area contributed by atoms with Crippen LogP contribution in [0, 0.1) is 0 Å². The molecule has 0 atom stereocenters. The summed E-state index contributed by atoms with van der Waals surface area (Å²) in [6, 6.07) is 21.1. The van der Waals surface area contributed by atoms with Crippen molar-refractivity contribution in [3.63, 3.8) is 0 Å². The van der Waals surface area contributed by atoms with Crippen molar-refractivity contribution in [1.29, 1.82) is 0 Å². The molecule has 0 aliphatic heterocycles. The van der Waals surface area contributed by atoms with Crippen LogP contribution in [0.15, 0.2) is 79.1 Å². The van der Waals surface area contributed by atoms with Gasteiger partial charge in [0.15, 0.2) is 0 Å². The molecule has 0 radical (unpaired) electrons. The van der Waals surface area contributed by atoms with Gasteiger partial charge in [-0.05, 0) is 86.2 Å². The van der Waals surface area contributed by atoms with Crippen LogP contribution in [0.25, 0.3) is 27.7 Å². The first-order chi connectivity index (χ1) is 22.4. The van der Waals surface area contributed by atoms with E-state index in [0.29, 0.717) is 30.0 Å². The molecule has 7 rings (SSSR count). The number of nitrogen functional groups attached to an aromatic ring is 1. The molecule has 2 fully saturated rings. The number of aromatic nitrogens is 4. The van der Waals surface area contributed by atoms with Gasteiger partial charge in [0, 0.05) is 40.5 Å². The largest absolute Gasteiger partial charge is 0.497 e. The molecule has 0 unspecified atom stereocenters. The van der Waals surface area contributed by atoms with E-state index in [2.05, 4.69) is 20.6 Å². The molecule has 5 aromatic rings. The highest BCUT2D eigenvalue weighted by Crippen LogP contribution is 2.39. The Morgan fingerprint density at radius 2 is 1.61 bits per heavy atom. The van der Waals surface area contributed by atoms with Crippen molar-refractivity contribution >= 4 is 34.4 Å². The fourth-order valence-corrected chi connectivity index (χ4v) is 6.65. The summed E-state index contributed by atoms with van der Waals surface area (Å²) < 4.78 is 7.41. The molecule has 0 spiro atoms. The normalized spacial score (nSPS) is 16.0. The number of rotatable bonds is 8. The number of amides is 2. The van der Waals surface area contributed by atoms with Crippen LogP contribution in [0.2, 0.25) is 0 Å². The minimum Gasteiger partial charge on any atom is -0.497 e. The van der Waals surface area contributed by atoms with Gasteiger partial charge >= 0.3 is 0 Å². The Labute approximate surface area is 267 Å². The number of benzene rings is 3. The van der Waals surface area contributed by atoms with E-state index in [4.69, 9.17) is 15.6 Å². The average molecular weight is 616 g/mol. The van der Waals surface area contributed by atoms with Crippen LogP contribution < -0.4 is 21.1 Å².